The van der Waals surface area contributed by atoms with Crippen LogP contribution in [0.3, 0.4) is 0 Å². The minimum atomic E-state index is -3.34. The Kier molecular flexibility index (Phi) is 5.53. The largest absolute Gasteiger partial charge is 0.307 e. The first-order valence-corrected chi connectivity index (χ1v) is 11.7. The molecule has 2 heterocycles. The average Bonchev–Trinajstić information content (AvgIpc) is 3.14. The second kappa shape index (κ2) is 8.12. The van der Waals surface area contributed by atoms with Crippen LogP contribution in [0.1, 0.15) is 27.9 Å². The number of carbonyl (C=O) groups excluding carboxylic acids is 1. The quantitative estimate of drug-likeness (QED) is 0.652. The van der Waals surface area contributed by atoms with Crippen molar-refractivity contribution in [1.82, 2.24) is 9.78 Å². The van der Waals surface area contributed by atoms with Crippen LogP contribution in [0.2, 0.25) is 5.02 Å². The summed E-state index contributed by atoms with van der Waals surface area (Å²) in [6.07, 6.45) is 4.28. The molecule has 0 atom stereocenters. The van der Waals surface area contributed by atoms with E-state index in [9.17, 15) is 13.2 Å². The van der Waals surface area contributed by atoms with E-state index in [-0.39, 0.29) is 5.91 Å². The SMILES string of the molecule is CS(=O)(=O)N1CCCc2cc(C(=O)Nc3ccnn3Cc3ccc(Cl)cc3)ccc21. The van der Waals surface area contributed by atoms with E-state index in [2.05, 4.69) is 10.4 Å². The highest BCUT2D eigenvalue weighted by atomic mass is 35.5. The van der Waals surface area contributed by atoms with Crippen LogP contribution in [0.4, 0.5) is 11.5 Å². The van der Waals surface area contributed by atoms with Crippen molar-refractivity contribution >= 4 is 39.0 Å². The molecular weight excluding hydrogens is 424 g/mol. The molecular formula is C21H21ClN4O3S. The van der Waals surface area contributed by atoms with E-state index in [0.29, 0.717) is 35.2 Å². The number of aryl methyl sites for hydroxylation is 1. The van der Waals surface area contributed by atoms with Crippen LogP contribution >= 0.6 is 11.6 Å². The van der Waals surface area contributed by atoms with Crippen LogP contribution in [-0.2, 0) is 23.0 Å². The molecule has 1 aromatic heterocycles. The van der Waals surface area contributed by atoms with Crippen LogP contribution < -0.4 is 9.62 Å². The molecule has 30 heavy (non-hydrogen) atoms. The Balaban J connectivity index is 1.53. The maximum absolute atomic E-state index is 12.8. The molecule has 1 amide bonds. The van der Waals surface area contributed by atoms with Gasteiger partial charge in [-0.3, -0.25) is 9.10 Å². The van der Waals surface area contributed by atoms with Gasteiger partial charge in [-0.2, -0.15) is 5.10 Å². The van der Waals surface area contributed by atoms with Gasteiger partial charge in [0.15, 0.2) is 0 Å². The Morgan fingerprint density at radius 2 is 1.93 bits per heavy atom. The number of amides is 1. The smallest absolute Gasteiger partial charge is 0.256 e. The van der Waals surface area contributed by atoms with Gasteiger partial charge >= 0.3 is 0 Å². The first kappa shape index (κ1) is 20.4. The molecule has 1 aliphatic rings. The standard InChI is InChI=1S/C21H21ClN4O3S/c1-30(28,29)26-12-2-3-16-13-17(6-9-19(16)26)21(27)24-20-10-11-23-25(20)14-15-4-7-18(22)8-5-15/h4-11,13H,2-3,12,14H2,1H3,(H,24,27). The predicted octanol–water partition coefficient (Wildman–Crippen LogP) is 3.55. The molecule has 0 saturated carbocycles. The van der Waals surface area contributed by atoms with Gasteiger partial charge in [0.2, 0.25) is 10.0 Å². The number of hydrogen-bond acceptors (Lipinski definition) is 4. The van der Waals surface area contributed by atoms with Gasteiger partial charge in [0.25, 0.3) is 5.91 Å². The van der Waals surface area contributed by atoms with Crippen LogP contribution in [0.25, 0.3) is 0 Å². The summed E-state index contributed by atoms with van der Waals surface area (Å²) < 4.78 is 27.1. The molecule has 0 saturated heterocycles. The molecule has 4 rings (SSSR count). The van der Waals surface area contributed by atoms with Crippen LogP contribution in [0.15, 0.2) is 54.7 Å². The van der Waals surface area contributed by atoms with Gasteiger partial charge in [-0.05, 0) is 54.3 Å². The number of nitrogens with one attached hydrogen (secondary N) is 1. The number of benzene rings is 2. The molecule has 0 radical (unpaired) electrons. The van der Waals surface area contributed by atoms with Crippen molar-refractivity contribution in [3.8, 4) is 0 Å². The van der Waals surface area contributed by atoms with Gasteiger partial charge in [-0.25, -0.2) is 13.1 Å². The summed E-state index contributed by atoms with van der Waals surface area (Å²) in [7, 11) is -3.34. The van der Waals surface area contributed by atoms with Crippen LogP contribution in [-0.4, -0.2) is 36.9 Å². The van der Waals surface area contributed by atoms with Crippen molar-refractivity contribution in [2.24, 2.45) is 0 Å². The minimum Gasteiger partial charge on any atom is -0.307 e. The molecule has 2 aromatic carbocycles. The third-order valence-electron chi connectivity index (χ3n) is 5.02. The summed E-state index contributed by atoms with van der Waals surface area (Å²) in [5, 5.41) is 7.84. The lowest BCUT2D eigenvalue weighted by Gasteiger charge is -2.29. The zero-order chi connectivity index (χ0) is 21.3. The number of anilines is 2. The van der Waals surface area contributed by atoms with Crippen LogP contribution in [0, 0.1) is 0 Å². The average molecular weight is 445 g/mol. The van der Waals surface area contributed by atoms with Gasteiger partial charge in [0, 0.05) is 23.2 Å². The monoisotopic (exact) mass is 444 g/mol. The molecule has 1 N–H and O–H groups in total. The fraction of sp³-hybridized carbons (Fsp3) is 0.238. The number of fused-ring (bicyclic) bond motifs is 1. The summed E-state index contributed by atoms with van der Waals surface area (Å²) >= 11 is 5.93. The summed E-state index contributed by atoms with van der Waals surface area (Å²) in [6.45, 7) is 0.953. The fourth-order valence-corrected chi connectivity index (χ4v) is 4.69. The molecule has 0 fully saturated rings. The number of aromatic nitrogens is 2. The number of hydrogen-bond donors (Lipinski definition) is 1. The highest BCUT2D eigenvalue weighted by molar-refractivity contribution is 7.92. The Bertz CT molecular complexity index is 1190. The molecule has 9 heteroatoms. The van der Waals surface area contributed by atoms with E-state index in [0.717, 1.165) is 24.0 Å². The summed E-state index contributed by atoms with van der Waals surface area (Å²) in [5.41, 5.74) is 2.98. The van der Waals surface area contributed by atoms with E-state index in [4.69, 9.17) is 11.6 Å². The van der Waals surface area contributed by atoms with E-state index < -0.39 is 10.0 Å². The molecule has 7 nitrogen and oxygen atoms in total. The molecule has 3 aromatic rings. The summed E-state index contributed by atoms with van der Waals surface area (Å²) in [4.78, 5) is 12.8. The van der Waals surface area contributed by atoms with Gasteiger partial charge in [-0.15, -0.1) is 0 Å². The highest BCUT2D eigenvalue weighted by Crippen LogP contribution is 2.30. The number of rotatable bonds is 5. The first-order chi connectivity index (χ1) is 14.3. The number of halogens is 1. The Morgan fingerprint density at radius 1 is 1.17 bits per heavy atom. The van der Waals surface area contributed by atoms with Gasteiger partial charge in [0.05, 0.1) is 24.7 Å². The van der Waals surface area contributed by atoms with E-state index in [1.54, 1.807) is 35.1 Å². The molecule has 0 unspecified atom stereocenters. The molecule has 0 aliphatic carbocycles. The van der Waals surface area contributed by atoms with Crippen molar-refractivity contribution in [1.29, 1.82) is 0 Å². The van der Waals surface area contributed by atoms with Gasteiger partial charge in [-0.1, -0.05) is 23.7 Å². The molecule has 0 bridgehead atoms. The Hall–Kier alpha value is -2.84. The van der Waals surface area contributed by atoms with E-state index in [1.807, 2.05) is 24.3 Å². The topological polar surface area (TPSA) is 84.3 Å². The highest BCUT2D eigenvalue weighted by Gasteiger charge is 2.24. The lowest BCUT2D eigenvalue weighted by molar-refractivity contribution is 0.102. The zero-order valence-corrected chi connectivity index (χ0v) is 17.9. The molecule has 1 aliphatic heterocycles. The van der Waals surface area contributed by atoms with Crippen molar-refractivity contribution in [3.05, 3.63) is 76.4 Å². The van der Waals surface area contributed by atoms with Crippen molar-refractivity contribution < 1.29 is 13.2 Å². The Morgan fingerprint density at radius 3 is 2.67 bits per heavy atom. The van der Waals surface area contributed by atoms with E-state index in [1.165, 1.54) is 10.6 Å². The first-order valence-electron chi connectivity index (χ1n) is 9.49. The minimum absolute atomic E-state index is 0.271. The second-order valence-electron chi connectivity index (χ2n) is 7.24. The Labute approximate surface area is 180 Å². The van der Waals surface area contributed by atoms with Crippen molar-refractivity contribution in [3.63, 3.8) is 0 Å². The summed E-state index contributed by atoms with van der Waals surface area (Å²) in [5.74, 6) is 0.303. The van der Waals surface area contributed by atoms with E-state index >= 15 is 0 Å². The third kappa shape index (κ3) is 4.34. The normalized spacial score (nSPS) is 13.7. The van der Waals surface area contributed by atoms with Crippen LogP contribution in [0.5, 0.6) is 0 Å². The van der Waals surface area contributed by atoms with Crippen molar-refractivity contribution in [2.75, 3.05) is 22.4 Å². The molecule has 0 spiro atoms. The lowest BCUT2D eigenvalue weighted by atomic mass is 10.0. The number of carbonyl (C=O) groups is 1. The van der Waals surface area contributed by atoms with Crippen molar-refractivity contribution in [2.45, 2.75) is 19.4 Å². The maximum atomic E-state index is 12.8. The van der Waals surface area contributed by atoms with Gasteiger partial charge < -0.3 is 5.32 Å². The maximum Gasteiger partial charge on any atom is 0.256 e. The zero-order valence-electron chi connectivity index (χ0n) is 16.4. The molecule has 156 valence electrons. The van der Waals surface area contributed by atoms with Gasteiger partial charge in [0.1, 0.15) is 5.82 Å². The predicted molar refractivity (Wildman–Crippen MR) is 118 cm³/mol. The number of sulfonamides is 1. The number of nitrogens with zero attached hydrogens (tertiary/aromatic N) is 3. The lowest BCUT2D eigenvalue weighted by Crippen LogP contribution is -2.34. The summed E-state index contributed by atoms with van der Waals surface area (Å²) in [6, 6.07) is 14.3. The third-order valence-corrected chi connectivity index (χ3v) is 6.45. The fourth-order valence-electron chi connectivity index (χ4n) is 3.56. The second-order valence-corrected chi connectivity index (χ2v) is 9.58.